The lowest BCUT2D eigenvalue weighted by molar-refractivity contribution is -0.144. The zero-order valence-corrected chi connectivity index (χ0v) is 13.8. The van der Waals surface area contributed by atoms with E-state index in [1.807, 2.05) is 47.8 Å². The first-order chi connectivity index (χ1) is 11.2. The van der Waals surface area contributed by atoms with E-state index in [1.54, 1.807) is 23.5 Å². The van der Waals surface area contributed by atoms with Gasteiger partial charge in [-0.05, 0) is 17.7 Å². The lowest BCUT2D eigenvalue weighted by Gasteiger charge is -2.03. The average Bonchev–Trinajstić information content (AvgIpc) is 3.05. The van der Waals surface area contributed by atoms with E-state index in [2.05, 4.69) is 4.98 Å². The summed E-state index contributed by atoms with van der Waals surface area (Å²) in [7, 11) is 0. The minimum atomic E-state index is -0.276. The molecule has 3 nitrogen and oxygen atoms in total. The molecule has 0 spiro atoms. The number of ether oxygens (including phenoxy) is 1. The van der Waals surface area contributed by atoms with Gasteiger partial charge in [0, 0.05) is 16.0 Å². The van der Waals surface area contributed by atoms with Gasteiger partial charge < -0.3 is 4.74 Å². The molecule has 0 N–H and O–H groups in total. The van der Waals surface area contributed by atoms with Gasteiger partial charge >= 0.3 is 5.97 Å². The van der Waals surface area contributed by atoms with Crippen LogP contribution in [-0.4, -0.2) is 11.0 Å². The fourth-order valence-electron chi connectivity index (χ4n) is 2.06. The van der Waals surface area contributed by atoms with E-state index in [9.17, 15) is 4.79 Å². The summed E-state index contributed by atoms with van der Waals surface area (Å²) in [6, 6.07) is 17.1. The Balaban J connectivity index is 1.55. The highest BCUT2D eigenvalue weighted by molar-refractivity contribution is 7.13. The molecule has 1 aromatic heterocycles. The Hall–Kier alpha value is -2.17. The molecule has 2 aromatic carbocycles. The van der Waals surface area contributed by atoms with E-state index in [0.29, 0.717) is 5.02 Å². The zero-order valence-electron chi connectivity index (χ0n) is 12.2. The van der Waals surface area contributed by atoms with Gasteiger partial charge in [0.05, 0.1) is 12.1 Å². The average molecular weight is 344 g/mol. The molecule has 0 bridgehead atoms. The van der Waals surface area contributed by atoms with E-state index < -0.39 is 0 Å². The van der Waals surface area contributed by atoms with Gasteiger partial charge in [0.2, 0.25) is 0 Å². The van der Waals surface area contributed by atoms with Crippen molar-refractivity contribution in [1.29, 1.82) is 0 Å². The quantitative estimate of drug-likeness (QED) is 0.627. The van der Waals surface area contributed by atoms with Crippen molar-refractivity contribution in [2.75, 3.05) is 0 Å². The molecule has 3 aromatic rings. The molecule has 0 amide bonds. The molecular weight excluding hydrogens is 330 g/mol. The van der Waals surface area contributed by atoms with Crippen LogP contribution in [0.2, 0.25) is 5.02 Å². The number of halogens is 1. The number of nitrogens with zero attached hydrogens (tertiary/aromatic N) is 1. The van der Waals surface area contributed by atoms with Gasteiger partial charge in [-0.3, -0.25) is 4.79 Å². The Morgan fingerprint density at radius 3 is 2.57 bits per heavy atom. The topological polar surface area (TPSA) is 39.2 Å². The summed E-state index contributed by atoms with van der Waals surface area (Å²) < 4.78 is 5.28. The number of hydrogen-bond donors (Lipinski definition) is 0. The Bertz CT molecular complexity index is 784. The van der Waals surface area contributed by atoms with Gasteiger partial charge in [-0.2, -0.15) is 0 Å². The summed E-state index contributed by atoms with van der Waals surface area (Å²) in [6.07, 6.45) is 0.229. The number of thiazole rings is 1. The summed E-state index contributed by atoms with van der Waals surface area (Å²) in [4.78, 5) is 16.4. The second kappa shape index (κ2) is 7.40. The van der Waals surface area contributed by atoms with Crippen molar-refractivity contribution in [3.05, 3.63) is 76.3 Å². The monoisotopic (exact) mass is 343 g/mol. The van der Waals surface area contributed by atoms with E-state index in [1.165, 1.54) is 0 Å². The van der Waals surface area contributed by atoms with Crippen LogP contribution in [-0.2, 0) is 22.6 Å². The normalized spacial score (nSPS) is 10.5. The maximum Gasteiger partial charge on any atom is 0.310 e. The van der Waals surface area contributed by atoms with Crippen LogP contribution in [0.4, 0.5) is 0 Å². The molecule has 116 valence electrons. The van der Waals surface area contributed by atoms with Crippen molar-refractivity contribution < 1.29 is 9.53 Å². The molecule has 0 saturated carbocycles. The third-order valence-electron chi connectivity index (χ3n) is 3.22. The van der Waals surface area contributed by atoms with Crippen molar-refractivity contribution in [1.82, 2.24) is 4.98 Å². The van der Waals surface area contributed by atoms with E-state index in [0.717, 1.165) is 21.8 Å². The standard InChI is InChI=1S/C18H14ClNO2S/c19-15-8-6-13(7-9-15)10-17(21)22-11-16-12-23-18(20-16)14-4-2-1-3-5-14/h1-9,12H,10-11H2. The maximum atomic E-state index is 11.9. The zero-order chi connectivity index (χ0) is 16.1. The van der Waals surface area contributed by atoms with Gasteiger partial charge in [0.15, 0.2) is 0 Å². The summed E-state index contributed by atoms with van der Waals surface area (Å²) in [6.45, 7) is 0.190. The summed E-state index contributed by atoms with van der Waals surface area (Å²) in [5.74, 6) is -0.276. The SMILES string of the molecule is O=C(Cc1ccc(Cl)cc1)OCc1csc(-c2ccccc2)n1. The van der Waals surface area contributed by atoms with Gasteiger partial charge in [-0.25, -0.2) is 4.98 Å². The van der Waals surface area contributed by atoms with Crippen molar-refractivity contribution in [3.8, 4) is 10.6 Å². The first-order valence-corrected chi connectivity index (χ1v) is 8.36. The second-order valence-corrected chi connectivity index (χ2v) is 6.27. The molecule has 0 radical (unpaired) electrons. The fraction of sp³-hybridized carbons (Fsp3) is 0.111. The highest BCUT2D eigenvalue weighted by Gasteiger charge is 2.08. The number of carbonyl (C=O) groups is 1. The van der Waals surface area contributed by atoms with Gasteiger partial charge in [0.25, 0.3) is 0 Å². The van der Waals surface area contributed by atoms with Crippen molar-refractivity contribution in [3.63, 3.8) is 0 Å². The highest BCUT2D eigenvalue weighted by Crippen LogP contribution is 2.23. The Morgan fingerprint density at radius 1 is 1.09 bits per heavy atom. The summed E-state index contributed by atoms with van der Waals surface area (Å²) in [5.41, 5.74) is 2.71. The minimum Gasteiger partial charge on any atom is -0.459 e. The van der Waals surface area contributed by atoms with Crippen LogP contribution in [0.25, 0.3) is 10.6 Å². The predicted octanol–water partition coefficient (Wildman–Crippen LogP) is 4.75. The smallest absolute Gasteiger partial charge is 0.310 e. The Morgan fingerprint density at radius 2 is 1.83 bits per heavy atom. The van der Waals surface area contributed by atoms with Crippen molar-refractivity contribution >= 4 is 28.9 Å². The maximum absolute atomic E-state index is 11.9. The number of hydrogen-bond acceptors (Lipinski definition) is 4. The molecule has 0 aliphatic heterocycles. The van der Waals surface area contributed by atoms with Crippen LogP contribution in [0.3, 0.4) is 0 Å². The molecule has 0 saturated heterocycles. The van der Waals surface area contributed by atoms with Crippen molar-refractivity contribution in [2.24, 2.45) is 0 Å². The lowest BCUT2D eigenvalue weighted by atomic mass is 10.1. The molecule has 0 aliphatic carbocycles. The third-order valence-corrected chi connectivity index (χ3v) is 4.41. The number of rotatable bonds is 5. The molecule has 5 heteroatoms. The Labute approximate surface area is 143 Å². The largest absolute Gasteiger partial charge is 0.459 e. The van der Waals surface area contributed by atoms with Crippen molar-refractivity contribution in [2.45, 2.75) is 13.0 Å². The van der Waals surface area contributed by atoms with Gasteiger partial charge in [0.1, 0.15) is 11.6 Å². The lowest BCUT2D eigenvalue weighted by Crippen LogP contribution is -2.08. The van der Waals surface area contributed by atoms with E-state index in [-0.39, 0.29) is 19.0 Å². The minimum absolute atomic E-state index is 0.190. The summed E-state index contributed by atoms with van der Waals surface area (Å²) in [5, 5.41) is 3.49. The van der Waals surface area contributed by atoms with E-state index in [4.69, 9.17) is 16.3 Å². The highest BCUT2D eigenvalue weighted by atomic mass is 35.5. The molecule has 1 heterocycles. The van der Waals surface area contributed by atoms with E-state index >= 15 is 0 Å². The predicted molar refractivity (Wildman–Crippen MR) is 92.5 cm³/mol. The van der Waals surface area contributed by atoms with Crippen LogP contribution in [0.5, 0.6) is 0 Å². The fourth-order valence-corrected chi connectivity index (χ4v) is 3.00. The van der Waals surface area contributed by atoms with Crippen LogP contribution >= 0.6 is 22.9 Å². The molecule has 0 atom stereocenters. The number of aromatic nitrogens is 1. The molecule has 0 unspecified atom stereocenters. The number of carbonyl (C=O) groups excluding carboxylic acids is 1. The van der Waals surface area contributed by atoms with Crippen LogP contribution in [0, 0.1) is 0 Å². The molecule has 0 fully saturated rings. The van der Waals surface area contributed by atoms with Crippen LogP contribution < -0.4 is 0 Å². The summed E-state index contributed by atoms with van der Waals surface area (Å²) >= 11 is 7.36. The van der Waals surface area contributed by atoms with Gasteiger partial charge in [-0.15, -0.1) is 11.3 Å². The van der Waals surface area contributed by atoms with Gasteiger partial charge in [-0.1, -0.05) is 54.1 Å². The molecule has 3 rings (SSSR count). The Kier molecular flexibility index (Phi) is 5.05. The third kappa shape index (κ3) is 4.41. The van der Waals surface area contributed by atoms with Crippen LogP contribution in [0.15, 0.2) is 60.0 Å². The molecule has 0 aliphatic rings. The number of benzene rings is 2. The number of esters is 1. The second-order valence-electron chi connectivity index (χ2n) is 4.97. The van der Waals surface area contributed by atoms with Crippen LogP contribution in [0.1, 0.15) is 11.3 Å². The molecule has 23 heavy (non-hydrogen) atoms. The molecular formula is C18H14ClNO2S. The first kappa shape index (κ1) is 15.7. The first-order valence-electron chi connectivity index (χ1n) is 7.10.